The van der Waals surface area contributed by atoms with Gasteiger partial charge >= 0.3 is 12.1 Å². The van der Waals surface area contributed by atoms with Crippen molar-refractivity contribution in [1.82, 2.24) is 4.90 Å². The predicted molar refractivity (Wildman–Crippen MR) is 111 cm³/mol. The zero-order chi connectivity index (χ0) is 19.6. The molecule has 162 valence electrons. The molecule has 27 heavy (non-hydrogen) atoms. The quantitative estimate of drug-likeness (QED) is 0.551. The molecule has 1 amide bonds. The maximum atomic E-state index is 10.6. The van der Waals surface area contributed by atoms with Crippen LogP contribution in [0.2, 0.25) is 0 Å². The van der Waals surface area contributed by atoms with Crippen LogP contribution < -0.4 is 0 Å². The smallest absolute Gasteiger partial charge is 0.409 e. The Kier molecular flexibility index (Phi) is 17.0. The van der Waals surface area contributed by atoms with Crippen molar-refractivity contribution in [3.05, 3.63) is 0 Å². The van der Waals surface area contributed by atoms with Gasteiger partial charge in [-0.25, -0.2) is 4.79 Å². The van der Waals surface area contributed by atoms with Crippen LogP contribution in [0, 0.1) is 5.92 Å². The summed E-state index contributed by atoms with van der Waals surface area (Å²) < 4.78 is 9.59. The maximum absolute atomic E-state index is 10.6. The van der Waals surface area contributed by atoms with Crippen LogP contribution >= 0.6 is 0 Å². The van der Waals surface area contributed by atoms with Crippen molar-refractivity contribution in [2.45, 2.75) is 94.5 Å². The van der Waals surface area contributed by atoms with E-state index in [1.165, 1.54) is 0 Å². The van der Waals surface area contributed by atoms with Crippen LogP contribution in [0.5, 0.6) is 0 Å². The lowest BCUT2D eigenvalue weighted by Crippen LogP contribution is -2.18. The molecule has 0 N–H and O–H groups in total. The summed E-state index contributed by atoms with van der Waals surface area (Å²) in [4.78, 5) is 27.5. The molecule has 3 rings (SSSR count). The molecular formula is C20H42N2O5. The van der Waals surface area contributed by atoms with Crippen LogP contribution in [-0.2, 0) is 19.1 Å². The number of hydrogen-bond acceptors (Lipinski definition) is 6. The molecule has 2 fully saturated rings. The fourth-order valence-corrected chi connectivity index (χ4v) is 2.39. The molecule has 0 radical (unpaired) electrons. The summed E-state index contributed by atoms with van der Waals surface area (Å²) in [5.41, 5.74) is 1.10. The van der Waals surface area contributed by atoms with Gasteiger partial charge in [-0.1, -0.05) is 40.8 Å². The molecule has 0 saturated carbocycles. The topological polar surface area (TPSA) is 77.4 Å². The summed E-state index contributed by atoms with van der Waals surface area (Å²) in [6.07, 6.45) is 2.22. The molecule has 3 aliphatic rings. The third-order valence-electron chi connectivity index (χ3n) is 3.52. The number of oxime groups is 1. The minimum Gasteiger partial charge on any atom is -0.462 e. The van der Waals surface area contributed by atoms with E-state index in [2.05, 4.69) is 5.16 Å². The van der Waals surface area contributed by atoms with E-state index >= 15 is 0 Å². The average Bonchev–Trinajstić information content (AvgIpc) is 3.15. The number of nitrogens with zero attached hydrogens (tertiary/aromatic N) is 2. The van der Waals surface area contributed by atoms with Gasteiger partial charge in [0.1, 0.15) is 12.2 Å². The van der Waals surface area contributed by atoms with Gasteiger partial charge in [0.25, 0.3) is 0 Å². The molecule has 0 bridgehead atoms. The van der Waals surface area contributed by atoms with Crippen LogP contribution in [0.4, 0.5) is 4.79 Å². The summed E-state index contributed by atoms with van der Waals surface area (Å²) in [5.74, 6) is 0.0856. The molecule has 4 atom stereocenters. The molecular weight excluding hydrogens is 348 g/mol. The number of esters is 1. The van der Waals surface area contributed by atoms with Crippen molar-refractivity contribution < 1.29 is 23.9 Å². The van der Waals surface area contributed by atoms with Gasteiger partial charge in [0.15, 0.2) is 0 Å². The van der Waals surface area contributed by atoms with Crippen LogP contribution in [0.15, 0.2) is 5.16 Å². The highest BCUT2D eigenvalue weighted by Crippen LogP contribution is 2.18. The highest BCUT2D eigenvalue weighted by molar-refractivity contribution is 5.82. The standard InChI is InChI=1S/C6H10O2.C5H9NO2.C5H9NO.C2H6.2CH4/c1-4-3-5(2)8-6(4)7;1-4-3-6(2)5(7)8-4;1-4-3-5(2)7-6-4;1-2;;/h4-5H,3H2,1-2H3;4H,3H2,1-2H3;5H,3H2,1-2H3;1-2H3;2*1H4. The zero-order valence-electron chi connectivity index (χ0n) is 16.9. The van der Waals surface area contributed by atoms with E-state index in [0.717, 1.165) is 25.1 Å². The van der Waals surface area contributed by atoms with E-state index in [-0.39, 0.29) is 45.0 Å². The Bertz CT molecular complexity index is 426. The fourth-order valence-electron chi connectivity index (χ4n) is 2.39. The van der Waals surface area contributed by atoms with Crippen LogP contribution in [-0.4, -0.2) is 54.6 Å². The first-order valence-corrected chi connectivity index (χ1v) is 9.00. The van der Waals surface area contributed by atoms with Gasteiger partial charge in [-0.15, -0.1) is 0 Å². The number of carbonyl (C=O) groups is 2. The van der Waals surface area contributed by atoms with Gasteiger partial charge in [0, 0.05) is 13.5 Å². The van der Waals surface area contributed by atoms with Crippen LogP contribution in [0.1, 0.15) is 76.2 Å². The second-order valence-electron chi connectivity index (χ2n) is 6.41. The molecule has 0 spiro atoms. The van der Waals surface area contributed by atoms with Crippen molar-refractivity contribution >= 4 is 17.8 Å². The lowest BCUT2D eigenvalue weighted by atomic mass is 10.1. The van der Waals surface area contributed by atoms with Gasteiger partial charge in [0.2, 0.25) is 0 Å². The Balaban J connectivity index is -0.000000296. The summed E-state index contributed by atoms with van der Waals surface area (Å²) in [6.45, 7) is 14.4. The molecule has 3 heterocycles. The zero-order valence-corrected chi connectivity index (χ0v) is 16.9. The normalized spacial score (nSPS) is 27.4. The second kappa shape index (κ2) is 15.3. The molecule has 0 aromatic heterocycles. The average molecular weight is 391 g/mol. The van der Waals surface area contributed by atoms with Crippen LogP contribution in [0.25, 0.3) is 0 Å². The van der Waals surface area contributed by atoms with Crippen LogP contribution in [0.3, 0.4) is 0 Å². The Labute approximate surface area is 166 Å². The van der Waals surface area contributed by atoms with E-state index < -0.39 is 0 Å². The van der Waals surface area contributed by atoms with Gasteiger partial charge in [0.05, 0.1) is 24.3 Å². The first-order valence-electron chi connectivity index (χ1n) is 9.00. The fraction of sp³-hybridized carbons (Fsp3) is 0.850. The van der Waals surface area contributed by atoms with Gasteiger partial charge in [-0.2, -0.15) is 0 Å². The Morgan fingerprint density at radius 3 is 1.63 bits per heavy atom. The molecule has 0 aromatic carbocycles. The van der Waals surface area contributed by atoms with Crippen molar-refractivity contribution in [3.63, 3.8) is 0 Å². The van der Waals surface area contributed by atoms with Crippen molar-refractivity contribution in [1.29, 1.82) is 0 Å². The van der Waals surface area contributed by atoms with Gasteiger partial charge in [-0.05, 0) is 34.1 Å². The monoisotopic (exact) mass is 390 g/mol. The first kappa shape index (κ1) is 30.0. The third kappa shape index (κ3) is 12.3. The maximum Gasteiger partial charge on any atom is 0.409 e. The van der Waals surface area contributed by atoms with Gasteiger partial charge in [-0.3, -0.25) is 4.79 Å². The number of amides is 1. The van der Waals surface area contributed by atoms with Gasteiger partial charge < -0.3 is 19.2 Å². The molecule has 3 aliphatic heterocycles. The molecule has 0 aromatic rings. The highest BCUT2D eigenvalue weighted by Gasteiger charge is 2.27. The Morgan fingerprint density at radius 2 is 1.52 bits per heavy atom. The van der Waals surface area contributed by atoms with E-state index in [1.54, 1.807) is 11.9 Å². The Morgan fingerprint density at radius 1 is 0.963 bits per heavy atom. The SMILES string of the molecule is C.C.CC.CC1=NOC(C)C1.CC1CC(C)C(=O)O1.CC1CN(C)C(=O)O1. The molecule has 0 aliphatic carbocycles. The van der Waals surface area contributed by atoms with E-state index in [9.17, 15) is 9.59 Å². The minimum atomic E-state index is -0.211. The Hall–Kier alpha value is -1.79. The number of carbonyl (C=O) groups excluding carboxylic acids is 2. The van der Waals surface area contributed by atoms with Crippen molar-refractivity contribution in [2.24, 2.45) is 11.1 Å². The molecule has 4 unspecified atom stereocenters. The number of likely N-dealkylation sites (N-methyl/N-ethyl adjacent to an activating group) is 1. The summed E-state index contributed by atoms with van der Waals surface area (Å²) >= 11 is 0. The van der Waals surface area contributed by atoms with Crippen molar-refractivity contribution in [2.75, 3.05) is 13.6 Å². The van der Waals surface area contributed by atoms with E-state index in [4.69, 9.17) is 14.3 Å². The summed E-state index contributed by atoms with van der Waals surface area (Å²) in [6, 6.07) is 0. The third-order valence-corrected chi connectivity index (χ3v) is 3.52. The lowest BCUT2D eigenvalue weighted by Gasteiger charge is -1.99. The molecule has 2 saturated heterocycles. The summed E-state index contributed by atoms with van der Waals surface area (Å²) in [7, 11) is 1.73. The predicted octanol–water partition coefficient (Wildman–Crippen LogP) is 4.88. The molecule has 7 heteroatoms. The van der Waals surface area contributed by atoms with E-state index in [1.807, 2.05) is 48.5 Å². The second-order valence-corrected chi connectivity index (χ2v) is 6.41. The number of cyclic esters (lactones) is 2. The minimum absolute atomic E-state index is 0. The largest absolute Gasteiger partial charge is 0.462 e. The van der Waals surface area contributed by atoms with Crippen molar-refractivity contribution in [3.8, 4) is 0 Å². The number of rotatable bonds is 0. The lowest BCUT2D eigenvalue weighted by molar-refractivity contribution is -0.143. The number of hydrogen-bond donors (Lipinski definition) is 0. The number of ether oxygens (including phenoxy) is 2. The highest BCUT2D eigenvalue weighted by atomic mass is 16.6. The molecule has 7 nitrogen and oxygen atoms in total. The summed E-state index contributed by atoms with van der Waals surface area (Å²) in [5, 5.41) is 3.73. The first-order chi connectivity index (χ1) is 11.7. The van der Waals surface area contributed by atoms with E-state index in [0.29, 0.717) is 6.10 Å².